The Balaban J connectivity index is 2.31. The van der Waals surface area contributed by atoms with Gasteiger partial charge in [0.15, 0.2) is 0 Å². The van der Waals surface area contributed by atoms with Gasteiger partial charge in [-0.15, -0.1) is 0 Å². The van der Waals surface area contributed by atoms with Crippen LogP contribution in [-0.4, -0.2) is 6.61 Å². The van der Waals surface area contributed by atoms with Crippen molar-refractivity contribution < 1.29 is 17.9 Å². The molecule has 2 aromatic carbocycles. The summed E-state index contributed by atoms with van der Waals surface area (Å²) in [6.45, 7) is -2.89. The molecule has 1 unspecified atom stereocenters. The summed E-state index contributed by atoms with van der Waals surface area (Å²) in [6, 6.07) is 9.73. The van der Waals surface area contributed by atoms with Crippen LogP contribution in [0.2, 0.25) is 0 Å². The van der Waals surface area contributed by atoms with Gasteiger partial charge in [-0.3, -0.25) is 5.84 Å². The zero-order chi connectivity index (χ0) is 15.4. The Labute approximate surface area is 128 Å². The SMILES string of the molecule is NNC(c1ccc(OC(F)F)cc1)c1cc(Br)ccc1F. The molecule has 3 nitrogen and oxygen atoms in total. The zero-order valence-electron chi connectivity index (χ0n) is 10.7. The number of hydrogen-bond donors (Lipinski definition) is 2. The van der Waals surface area contributed by atoms with Gasteiger partial charge in [0.25, 0.3) is 0 Å². The first-order chi connectivity index (χ1) is 10.0. The molecule has 0 amide bonds. The highest BCUT2D eigenvalue weighted by Crippen LogP contribution is 2.28. The number of ether oxygens (including phenoxy) is 1. The molecule has 0 fully saturated rings. The third kappa shape index (κ3) is 3.96. The van der Waals surface area contributed by atoms with Crippen LogP contribution in [0.3, 0.4) is 0 Å². The standard InChI is InChI=1S/C14H12BrF3N2O/c15-9-3-6-12(16)11(7-9)13(20-19)8-1-4-10(5-2-8)21-14(17)18/h1-7,13-14,20H,19H2. The number of hydrazine groups is 1. The van der Waals surface area contributed by atoms with E-state index in [1.165, 1.54) is 18.2 Å². The van der Waals surface area contributed by atoms with Crippen molar-refractivity contribution in [2.24, 2.45) is 5.84 Å². The van der Waals surface area contributed by atoms with Gasteiger partial charge in [-0.25, -0.2) is 9.82 Å². The molecule has 0 saturated carbocycles. The van der Waals surface area contributed by atoms with Crippen molar-refractivity contribution in [3.05, 3.63) is 63.9 Å². The van der Waals surface area contributed by atoms with Crippen LogP contribution < -0.4 is 16.0 Å². The highest BCUT2D eigenvalue weighted by atomic mass is 79.9. The molecule has 3 N–H and O–H groups in total. The number of hydrogen-bond acceptors (Lipinski definition) is 3. The molecule has 0 spiro atoms. The third-order valence-corrected chi connectivity index (χ3v) is 3.37. The second-order valence-electron chi connectivity index (χ2n) is 4.21. The van der Waals surface area contributed by atoms with Crippen LogP contribution in [0.5, 0.6) is 5.75 Å². The van der Waals surface area contributed by atoms with Gasteiger partial charge in [0.05, 0.1) is 6.04 Å². The molecule has 0 aliphatic heterocycles. The minimum atomic E-state index is -2.89. The van der Waals surface area contributed by atoms with Crippen molar-refractivity contribution in [3.63, 3.8) is 0 Å². The molecule has 0 aliphatic carbocycles. The summed E-state index contributed by atoms with van der Waals surface area (Å²) in [4.78, 5) is 0. The summed E-state index contributed by atoms with van der Waals surface area (Å²) in [7, 11) is 0. The highest BCUT2D eigenvalue weighted by molar-refractivity contribution is 9.10. The lowest BCUT2D eigenvalue weighted by Gasteiger charge is -2.18. The summed E-state index contributed by atoms with van der Waals surface area (Å²) in [5.41, 5.74) is 3.48. The molecule has 7 heteroatoms. The van der Waals surface area contributed by atoms with Crippen molar-refractivity contribution in [2.45, 2.75) is 12.7 Å². The molecule has 1 atom stereocenters. The summed E-state index contributed by atoms with van der Waals surface area (Å²) < 4.78 is 43.1. The second kappa shape index (κ2) is 6.93. The molecule has 0 aliphatic rings. The van der Waals surface area contributed by atoms with Crippen LogP contribution in [0.4, 0.5) is 13.2 Å². The van der Waals surface area contributed by atoms with Gasteiger partial charge in [0, 0.05) is 10.0 Å². The van der Waals surface area contributed by atoms with Crippen molar-refractivity contribution in [1.29, 1.82) is 0 Å². The lowest BCUT2D eigenvalue weighted by Crippen LogP contribution is -2.29. The maximum Gasteiger partial charge on any atom is 0.387 e. The first kappa shape index (κ1) is 15.8. The van der Waals surface area contributed by atoms with Crippen molar-refractivity contribution >= 4 is 15.9 Å². The molecular formula is C14H12BrF3N2O. The van der Waals surface area contributed by atoms with Gasteiger partial charge in [-0.05, 0) is 35.9 Å². The van der Waals surface area contributed by atoms with E-state index in [1.54, 1.807) is 24.3 Å². The number of benzene rings is 2. The van der Waals surface area contributed by atoms with E-state index in [0.717, 1.165) is 0 Å². The molecule has 112 valence electrons. The minimum absolute atomic E-state index is 0.0271. The fourth-order valence-electron chi connectivity index (χ4n) is 1.94. The monoisotopic (exact) mass is 360 g/mol. The number of nitrogens with two attached hydrogens (primary N) is 1. The maximum absolute atomic E-state index is 13.9. The van der Waals surface area contributed by atoms with Gasteiger partial charge < -0.3 is 4.74 Å². The smallest absolute Gasteiger partial charge is 0.387 e. The Morgan fingerprint density at radius 1 is 1.10 bits per heavy atom. The largest absolute Gasteiger partial charge is 0.435 e. The fourth-order valence-corrected chi connectivity index (χ4v) is 2.32. The Morgan fingerprint density at radius 3 is 2.33 bits per heavy atom. The molecule has 0 heterocycles. The van der Waals surface area contributed by atoms with E-state index in [4.69, 9.17) is 5.84 Å². The Kier molecular flexibility index (Phi) is 5.22. The van der Waals surface area contributed by atoms with Gasteiger partial charge in [-0.1, -0.05) is 28.1 Å². The molecule has 2 aromatic rings. The summed E-state index contributed by atoms with van der Waals surface area (Å²) in [5, 5.41) is 0. The van der Waals surface area contributed by atoms with Crippen LogP contribution in [0, 0.1) is 5.82 Å². The number of nitrogens with one attached hydrogen (secondary N) is 1. The molecular weight excluding hydrogens is 349 g/mol. The average molecular weight is 361 g/mol. The zero-order valence-corrected chi connectivity index (χ0v) is 12.3. The molecule has 2 rings (SSSR count). The number of alkyl halides is 2. The highest BCUT2D eigenvalue weighted by Gasteiger charge is 2.17. The van der Waals surface area contributed by atoms with Crippen molar-refractivity contribution in [3.8, 4) is 5.75 Å². The molecule has 0 bridgehead atoms. The first-order valence-electron chi connectivity index (χ1n) is 5.97. The van der Waals surface area contributed by atoms with Gasteiger partial charge in [0.2, 0.25) is 0 Å². The summed E-state index contributed by atoms with van der Waals surface area (Å²) in [6.07, 6.45) is 0. The fraction of sp³-hybridized carbons (Fsp3) is 0.143. The minimum Gasteiger partial charge on any atom is -0.435 e. The van der Waals surface area contributed by atoms with Gasteiger partial charge >= 0.3 is 6.61 Å². The molecule has 21 heavy (non-hydrogen) atoms. The second-order valence-corrected chi connectivity index (χ2v) is 5.13. The Bertz CT molecular complexity index is 608. The molecule has 0 radical (unpaired) electrons. The van der Waals surface area contributed by atoms with Crippen molar-refractivity contribution in [2.75, 3.05) is 0 Å². The Morgan fingerprint density at radius 2 is 1.76 bits per heavy atom. The van der Waals surface area contributed by atoms with E-state index >= 15 is 0 Å². The predicted molar refractivity (Wildman–Crippen MR) is 76.3 cm³/mol. The molecule has 0 saturated heterocycles. The summed E-state index contributed by atoms with van der Waals surface area (Å²) in [5.74, 6) is 5.10. The van der Waals surface area contributed by atoms with E-state index in [9.17, 15) is 13.2 Å². The predicted octanol–water partition coefficient (Wildman–Crippen LogP) is 3.74. The van der Waals surface area contributed by atoms with E-state index in [-0.39, 0.29) is 5.75 Å². The average Bonchev–Trinajstić information content (AvgIpc) is 2.44. The van der Waals surface area contributed by atoms with Gasteiger partial charge in [-0.2, -0.15) is 8.78 Å². The van der Waals surface area contributed by atoms with Crippen LogP contribution in [0.15, 0.2) is 46.9 Å². The van der Waals surface area contributed by atoms with E-state index < -0.39 is 18.5 Å². The molecule has 0 aromatic heterocycles. The number of halogens is 4. The Hall–Kier alpha value is -1.57. The van der Waals surface area contributed by atoms with E-state index in [1.807, 2.05) is 0 Å². The normalized spacial score (nSPS) is 12.5. The van der Waals surface area contributed by atoms with Gasteiger partial charge in [0.1, 0.15) is 11.6 Å². The quantitative estimate of drug-likeness (QED) is 0.630. The van der Waals surface area contributed by atoms with E-state index in [2.05, 4.69) is 26.1 Å². The number of rotatable bonds is 5. The van der Waals surface area contributed by atoms with Crippen molar-refractivity contribution in [1.82, 2.24) is 5.43 Å². The maximum atomic E-state index is 13.9. The van der Waals surface area contributed by atoms with Crippen LogP contribution in [0.25, 0.3) is 0 Å². The van der Waals surface area contributed by atoms with Crippen LogP contribution >= 0.6 is 15.9 Å². The lowest BCUT2D eigenvalue weighted by atomic mass is 9.99. The lowest BCUT2D eigenvalue weighted by molar-refractivity contribution is -0.0498. The first-order valence-corrected chi connectivity index (χ1v) is 6.76. The topological polar surface area (TPSA) is 47.3 Å². The van der Waals surface area contributed by atoms with Crippen LogP contribution in [0.1, 0.15) is 17.2 Å². The van der Waals surface area contributed by atoms with Crippen LogP contribution in [-0.2, 0) is 0 Å². The third-order valence-electron chi connectivity index (χ3n) is 2.87. The summed E-state index contributed by atoms with van der Waals surface area (Å²) >= 11 is 3.27. The van der Waals surface area contributed by atoms with E-state index in [0.29, 0.717) is 15.6 Å².